The van der Waals surface area contributed by atoms with Gasteiger partial charge in [0.2, 0.25) is 0 Å². The number of ether oxygens (including phenoxy) is 1. The topological polar surface area (TPSA) is 97.6 Å². The Morgan fingerprint density at radius 1 is 0.721 bits per heavy atom. The van der Waals surface area contributed by atoms with Gasteiger partial charge in [0.25, 0.3) is 11.8 Å². The molecule has 5 rings (SSSR count). The summed E-state index contributed by atoms with van der Waals surface area (Å²) in [5.74, 6) is 0.0955. The van der Waals surface area contributed by atoms with E-state index < -0.39 is 11.8 Å². The molecule has 0 radical (unpaired) electrons. The highest BCUT2D eigenvalue weighted by molar-refractivity contribution is 6.11. The SMILES string of the molecule is O=C(Nc1ccc(C(=O)/C=C/c2ccco2)cc1)/C(=C/c1ccc(OCc2ccccc2)cc1)NC(=O)c1ccccc1. The molecule has 0 aliphatic carbocycles. The van der Waals surface area contributed by atoms with Gasteiger partial charge in [-0.25, -0.2) is 0 Å². The number of hydrogen-bond acceptors (Lipinski definition) is 5. The van der Waals surface area contributed by atoms with Gasteiger partial charge in [-0.15, -0.1) is 0 Å². The van der Waals surface area contributed by atoms with E-state index >= 15 is 0 Å². The highest BCUT2D eigenvalue weighted by Gasteiger charge is 2.15. The number of ketones is 1. The first-order valence-corrected chi connectivity index (χ1v) is 13.6. The molecule has 1 heterocycles. The van der Waals surface area contributed by atoms with E-state index in [0.717, 1.165) is 5.56 Å². The van der Waals surface area contributed by atoms with Crippen LogP contribution in [-0.4, -0.2) is 17.6 Å². The van der Waals surface area contributed by atoms with Crippen molar-refractivity contribution in [3.05, 3.63) is 167 Å². The molecule has 0 unspecified atom stereocenters. The number of allylic oxidation sites excluding steroid dienone is 1. The lowest BCUT2D eigenvalue weighted by atomic mass is 10.1. The molecular weight excluding hydrogens is 540 g/mol. The number of amides is 2. The van der Waals surface area contributed by atoms with Gasteiger partial charge >= 0.3 is 0 Å². The fraction of sp³-hybridized carbons (Fsp3) is 0.0278. The number of nitrogens with one attached hydrogen (secondary N) is 2. The van der Waals surface area contributed by atoms with Crippen molar-refractivity contribution < 1.29 is 23.5 Å². The van der Waals surface area contributed by atoms with E-state index in [2.05, 4.69) is 10.6 Å². The van der Waals surface area contributed by atoms with E-state index in [4.69, 9.17) is 9.15 Å². The van der Waals surface area contributed by atoms with Gasteiger partial charge in [-0.3, -0.25) is 14.4 Å². The summed E-state index contributed by atoms with van der Waals surface area (Å²) >= 11 is 0. The average molecular weight is 569 g/mol. The zero-order valence-electron chi connectivity index (χ0n) is 23.1. The second-order valence-electron chi connectivity index (χ2n) is 9.47. The van der Waals surface area contributed by atoms with Crippen LogP contribution in [0.5, 0.6) is 5.75 Å². The minimum Gasteiger partial charge on any atom is -0.489 e. The molecule has 0 aliphatic heterocycles. The maximum absolute atomic E-state index is 13.4. The predicted molar refractivity (Wildman–Crippen MR) is 166 cm³/mol. The van der Waals surface area contributed by atoms with Crippen LogP contribution in [-0.2, 0) is 11.4 Å². The second kappa shape index (κ2) is 14.1. The van der Waals surface area contributed by atoms with Crippen LogP contribution >= 0.6 is 0 Å². The molecule has 212 valence electrons. The number of rotatable bonds is 11. The summed E-state index contributed by atoms with van der Waals surface area (Å²) in [6, 6.07) is 35.7. The summed E-state index contributed by atoms with van der Waals surface area (Å²) in [7, 11) is 0. The third-order valence-corrected chi connectivity index (χ3v) is 6.34. The van der Waals surface area contributed by atoms with Crippen LogP contribution in [0, 0.1) is 0 Å². The van der Waals surface area contributed by atoms with Crippen molar-refractivity contribution >= 4 is 35.4 Å². The summed E-state index contributed by atoms with van der Waals surface area (Å²) in [5, 5.41) is 5.53. The smallest absolute Gasteiger partial charge is 0.272 e. The number of carbonyl (C=O) groups excluding carboxylic acids is 3. The Kier molecular flexibility index (Phi) is 9.37. The highest BCUT2D eigenvalue weighted by atomic mass is 16.5. The molecule has 1 aromatic heterocycles. The zero-order valence-corrected chi connectivity index (χ0v) is 23.1. The van der Waals surface area contributed by atoms with Gasteiger partial charge < -0.3 is 19.8 Å². The van der Waals surface area contributed by atoms with Crippen LogP contribution in [0.3, 0.4) is 0 Å². The first-order valence-electron chi connectivity index (χ1n) is 13.6. The molecule has 0 saturated heterocycles. The Morgan fingerprint density at radius 2 is 1.42 bits per heavy atom. The van der Waals surface area contributed by atoms with Gasteiger partial charge in [0.1, 0.15) is 23.8 Å². The molecule has 7 heteroatoms. The molecule has 0 fully saturated rings. The van der Waals surface area contributed by atoms with Crippen molar-refractivity contribution in [2.24, 2.45) is 0 Å². The Balaban J connectivity index is 1.29. The minimum atomic E-state index is -0.523. The zero-order chi connectivity index (χ0) is 29.9. The van der Waals surface area contributed by atoms with Gasteiger partial charge in [-0.2, -0.15) is 0 Å². The monoisotopic (exact) mass is 568 g/mol. The van der Waals surface area contributed by atoms with Crippen molar-refractivity contribution in [3.8, 4) is 5.75 Å². The third-order valence-electron chi connectivity index (χ3n) is 6.34. The highest BCUT2D eigenvalue weighted by Crippen LogP contribution is 2.18. The minimum absolute atomic E-state index is 0.0494. The number of hydrogen-bond donors (Lipinski definition) is 2. The standard InChI is InChI=1S/C36H28N2O5/c39-34(22-21-31-12-7-23-42-31)28-15-17-30(18-16-28)37-36(41)33(38-35(40)29-10-5-2-6-11-29)24-26-13-19-32(20-14-26)43-25-27-8-3-1-4-9-27/h1-24H,25H2,(H,37,41)(H,38,40)/b22-21+,33-24-. The van der Waals surface area contributed by atoms with Crippen LogP contribution in [0.2, 0.25) is 0 Å². The first kappa shape index (κ1) is 28.6. The molecular formula is C36H28N2O5. The van der Waals surface area contributed by atoms with Crippen molar-refractivity contribution in [2.45, 2.75) is 6.61 Å². The lowest BCUT2D eigenvalue weighted by Crippen LogP contribution is -2.30. The molecule has 0 bridgehead atoms. The maximum Gasteiger partial charge on any atom is 0.272 e. The Bertz CT molecular complexity index is 1720. The number of anilines is 1. The van der Waals surface area contributed by atoms with E-state index in [9.17, 15) is 14.4 Å². The number of furan rings is 1. The second-order valence-corrected chi connectivity index (χ2v) is 9.47. The fourth-order valence-corrected chi connectivity index (χ4v) is 4.07. The molecule has 0 atom stereocenters. The lowest BCUT2D eigenvalue weighted by Gasteiger charge is -2.12. The summed E-state index contributed by atoms with van der Waals surface area (Å²) in [5.41, 5.74) is 3.11. The molecule has 4 aromatic carbocycles. The predicted octanol–water partition coefficient (Wildman–Crippen LogP) is 7.16. The number of carbonyl (C=O) groups is 3. The Morgan fingerprint density at radius 3 is 2.09 bits per heavy atom. The molecule has 2 N–H and O–H groups in total. The largest absolute Gasteiger partial charge is 0.489 e. The molecule has 0 aliphatic rings. The summed E-state index contributed by atoms with van der Waals surface area (Å²) in [6.45, 7) is 0.432. The fourth-order valence-electron chi connectivity index (χ4n) is 4.07. The molecule has 43 heavy (non-hydrogen) atoms. The van der Waals surface area contributed by atoms with E-state index in [1.54, 1.807) is 97.1 Å². The van der Waals surface area contributed by atoms with Crippen LogP contribution in [0.25, 0.3) is 12.2 Å². The Labute approximate surface area is 249 Å². The number of benzene rings is 4. The van der Waals surface area contributed by atoms with E-state index in [-0.39, 0.29) is 11.5 Å². The summed E-state index contributed by atoms with van der Waals surface area (Å²) in [6.07, 6.45) is 6.13. The normalized spacial score (nSPS) is 11.2. The van der Waals surface area contributed by atoms with E-state index in [1.807, 2.05) is 36.4 Å². The van der Waals surface area contributed by atoms with Crippen LogP contribution < -0.4 is 15.4 Å². The van der Waals surface area contributed by atoms with Crippen LogP contribution in [0.1, 0.15) is 37.6 Å². The van der Waals surface area contributed by atoms with Gasteiger partial charge in [-0.1, -0.05) is 60.7 Å². The van der Waals surface area contributed by atoms with E-state index in [0.29, 0.717) is 40.5 Å². The van der Waals surface area contributed by atoms with E-state index in [1.165, 1.54) is 12.3 Å². The van der Waals surface area contributed by atoms with Crippen molar-refractivity contribution in [2.75, 3.05) is 5.32 Å². The van der Waals surface area contributed by atoms with Gasteiger partial charge in [0.05, 0.1) is 6.26 Å². The Hall–Kier alpha value is -5.95. The molecule has 7 nitrogen and oxygen atoms in total. The van der Waals surface area contributed by atoms with Crippen molar-refractivity contribution in [1.29, 1.82) is 0 Å². The first-order chi connectivity index (χ1) is 21.0. The molecule has 0 spiro atoms. The van der Waals surface area contributed by atoms with Gasteiger partial charge in [0, 0.05) is 16.8 Å². The molecule has 0 saturated carbocycles. The molecule has 2 amide bonds. The van der Waals surface area contributed by atoms with Crippen molar-refractivity contribution in [1.82, 2.24) is 5.32 Å². The quantitative estimate of drug-likeness (QED) is 0.130. The summed E-state index contributed by atoms with van der Waals surface area (Å²) in [4.78, 5) is 38.8. The molecule has 5 aromatic rings. The van der Waals surface area contributed by atoms with Crippen LogP contribution in [0.4, 0.5) is 5.69 Å². The van der Waals surface area contributed by atoms with Gasteiger partial charge in [0.15, 0.2) is 5.78 Å². The third kappa shape index (κ3) is 8.28. The van der Waals surface area contributed by atoms with Gasteiger partial charge in [-0.05, 0) is 90.0 Å². The summed E-state index contributed by atoms with van der Waals surface area (Å²) < 4.78 is 11.1. The lowest BCUT2D eigenvalue weighted by molar-refractivity contribution is -0.113. The maximum atomic E-state index is 13.4. The average Bonchev–Trinajstić information content (AvgIpc) is 3.58. The van der Waals surface area contributed by atoms with Crippen molar-refractivity contribution in [3.63, 3.8) is 0 Å². The van der Waals surface area contributed by atoms with Crippen LogP contribution in [0.15, 0.2) is 144 Å².